The SMILES string of the molecule is CCOc1ccc(S(=O)(=O)N2CCN(C(=O)COC(=O)[C@H]3C[C@@H]3C)CC2)cc1. The number of esters is 1. The van der Waals surface area contributed by atoms with Crippen LogP contribution in [0.5, 0.6) is 5.75 Å². The van der Waals surface area contributed by atoms with E-state index in [0.717, 1.165) is 6.42 Å². The third-order valence-corrected chi connectivity index (χ3v) is 7.03. The monoisotopic (exact) mass is 410 g/mol. The van der Waals surface area contributed by atoms with Crippen molar-refractivity contribution in [2.45, 2.75) is 25.2 Å². The first-order valence-corrected chi connectivity index (χ1v) is 10.9. The summed E-state index contributed by atoms with van der Waals surface area (Å²) in [5, 5.41) is 0. The van der Waals surface area contributed by atoms with Crippen molar-refractivity contribution in [1.29, 1.82) is 0 Å². The highest BCUT2D eigenvalue weighted by Crippen LogP contribution is 2.38. The summed E-state index contributed by atoms with van der Waals surface area (Å²) in [5.74, 6) is 0.257. The standard InChI is InChI=1S/C19H26N2O6S/c1-3-26-15-4-6-16(7-5-15)28(24,25)21-10-8-20(9-11-21)18(22)13-27-19(23)17-12-14(17)2/h4-7,14,17H,3,8-13H2,1-2H3/t14-,17-/m0/s1. The summed E-state index contributed by atoms with van der Waals surface area (Å²) >= 11 is 0. The van der Waals surface area contributed by atoms with Crippen LogP contribution in [-0.2, 0) is 24.3 Å². The summed E-state index contributed by atoms with van der Waals surface area (Å²) in [7, 11) is -3.62. The smallest absolute Gasteiger partial charge is 0.309 e. The normalized spacial score (nSPS) is 22.6. The van der Waals surface area contributed by atoms with Gasteiger partial charge < -0.3 is 14.4 Å². The van der Waals surface area contributed by atoms with Crippen LogP contribution in [-0.4, -0.2) is 68.9 Å². The third kappa shape index (κ3) is 4.64. The molecule has 1 aromatic carbocycles. The fourth-order valence-electron chi connectivity index (χ4n) is 3.18. The summed E-state index contributed by atoms with van der Waals surface area (Å²) in [4.78, 5) is 25.7. The zero-order chi connectivity index (χ0) is 20.3. The molecule has 0 spiro atoms. The Labute approximate surface area is 165 Å². The lowest BCUT2D eigenvalue weighted by Gasteiger charge is -2.33. The van der Waals surface area contributed by atoms with Gasteiger partial charge in [-0.05, 0) is 43.5 Å². The van der Waals surface area contributed by atoms with E-state index in [-0.39, 0.29) is 55.5 Å². The number of piperazine rings is 1. The van der Waals surface area contributed by atoms with Gasteiger partial charge in [-0.1, -0.05) is 6.92 Å². The van der Waals surface area contributed by atoms with Gasteiger partial charge in [-0.3, -0.25) is 9.59 Å². The minimum atomic E-state index is -3.62. The topological polar surface area (TPSA) is 93.2 Å². The first-order chi connectivity index (χ1) is 13.3. The molecular weight excluding hydrogens is 384 g/mol. The summed E-state index contributed by atoms with van der Waals surface area (Å²) in [6, 6.07) is 6.31. The minimum absolute atomic E-state index is 0.0797. The number of nitrogens with zero attached hydrogens (tertiary/aromatic N) is 2. The van der Waals surface area contributed by atoms with Crippen molar-refractivity contribution in [3.05, 3.63) is 24.3 Å². The van der Waals surface area contributed by atoms with E-state index in [0.29, 0.717) is 18.3 Å². The number of benzene rings is 1. The first-order valence-electron chi connectivity index (χ1n) is 9.50. The molecule has 154 valence electrons. The maximum atomic E-state index is 12.8. The molecule has 1 aliphatic heterocycles. The molecule has 2 atom stereocenters. The molecule has 8 nitrogen and oxygen atoms in total. The lowest BCUT2D eigenvalue weighted by atomic mass is 10.3. The molecule has 28 heavy (non-hydrogen) atoms. The van der Waals surface area contributed by atoms with Crippen molar-refractivity contribution in [2.24, 2.45) is 11.8 Å². The molecule has 9 heteroatoms. The summed E-state index contributed by atoms with van der Waals surface area (Å²) in [5.41, 5.74) is 0. The van der Waals surface area contributed by atoms with Crippen LogP contribution in [0.4, 0.5) is 0 Å². The number of amides is 1. The second kappa shape index (κ2) is 8.48. The number of carbonyl (C=O) groups excluding carboxylic acids is 2. The number of ether oxygens (including phenoxy) is 2. The Morgan fingerprint density at radius 3 is 2.25 bits per heavy atom. The number of carbonyl (C=O) groups is 2. The second-order valence-corrected chi connectivity index (χ2v) is 9.05. The van der Waals surface area contributed by atoms with Crippen molar-refractivity contribution < 1.29 is 27.5 Å². The van der Waals surface area contributed by atoms with E-state index in [9.17, 15) is 18.0 Å². The van der Waals surface area contributed by atoms with Crippen molar-refractivity contribution in [3.8, 4) is 5.75 Å². The third-order valence-electron chi connectivity index (χ3n) is 5.11. The Morgan fingerprint density at radius 1 is 1.11 bits per heavy atom. The van der Waals surface area contributed by atoms with Crippen molar-refractivity contribution in [1.82, 2.24) is 9.21 Å². The highest BCUT2D eigenvalue weighted by Gasteiger charge is 2.41. The maximum Gasteiger partial charge on any atom is 0.309 e. The number of sulfonamides is 1. The minimum Gasteiger partial charge on any atom is -0.494 e. The van der Waals surface area contributed by atoms with Gasteiger partial charge in [-0.25, -0.2) is 8.42 Å². The number of hydrogen-bond acceptors (Lipinski definition) is 6. The predicted octanol–water partition coefficient (Wildman–Crippen LogP) is 1.12. The Bertz CT molecular complexity index is 815. The molecule has 3 rings (SSSR count). The zero-order valence-corrected chi connectivity index (χ0v) is 17.0. The number of hydrogen-bond donors (Lipinski definition) is 0. The highest BCUT2D eigenvalue weighted by molar-refractivity contribution is 7.89. The number of rotatable bonds is 7. The molecule has 1 amide bonds. The van der Waals surface area contributed by atoms with Gasteiger partial charge in [0.15, 0.2) is 6.61 Å². The fourth-order valence-corrected chi connectivity index (χ4v) is 4.61. The zero-order valence-electron chi connectivity index (χ0n) is 16.2. The van der Waals surface area contributed by atoms with Crippen molar-refractivity contribution in [3.63, 3.8) is 0 Å². The van der Waals surface area contributed by atoms with Gasteiger partial charge in [0, 0.05) is 26.2 Å². The van der Waals surface area contributed by atoms with E-state index >= 15 is 0 Å². The van der Waals surface area contributed by atoms with Crippen LogP contribution < -0.4 is 4.74 Å². The van der Waals surface area contributed by atoms with E-state index in [1.165, 1.54) is 21.3 Å². The molecule has 2 aliphatic rings. The lowest BCUT2D eigenvalue weighted by Crippen LogP contribution is -2.51. The van der Waals surface area contributed by atoms with Gasteiger partial charge in [-0.2, -0.15) is 4.31 Å². The quantitative estimate of drug-likeness (QED) is 0.626. The van der Waals surface area contributed by atoms with E-state index in [2.05, 4.69) is 0 Å². The lowest BCUT2D eigenvalue weighted by molar-refractivity contribution is -0.153. The van der Waals surface area contributed by atoms with Crippen LogP contribution in [0.1, 0.15) is 20.3 Å². The summed E-state index contributed by atoms with van der Waals surface area (Å²) < 4.78 is 37.3. The summed E-state index contributed by atoms with van der Waals surface area (Å²) in [6.45, 7) is 5.00. The van der Waals surface area contributed by atoms with Gasteiger partial charge in [0.1, 0.15) is 5.75 Å². The van der Waals surface area contributed by atoms with E-state index in [1.54, 1.807) is 12.1 Å². The molecule has 1 heterocycles. The van der Waals surface area contributed by atoms with Crippen LogP contribution in [0.3, 0.4) is 0 Å². The molecule has 1 saturated heterocycles. The summed E-state index contributed by atoms with van der Waals surface area (Å²) in [6.07, 6.45) is 0.815. The van der Waals surface area contributed by atoms with Gasteiger partial charge in [0.05, 0.1) is 17.4 Å². The van der Waals surface area contributed by atoms with Gasteiger partial charge in [0.2, 0.25) is 10.0 Å². The van der Waals surface area contributed by atoms with Crippen LogP contribution in [0.15, 0.2) is 29.2 Å². The van der Waals surface area contributed by atoms with Gasteiger partial charge in [0.25, 0.3) is 5.91 Å². The van der Waals surface area contributed by atoms with Gasteiger partial charge >= 0.3 is 5.97 Å². The average molecular weight is 410 g/mol. The van der Waals surface area contributed by atoms with E-state index in [1.807, 2.05) is 13.8 Å². The average Bonchev–Trinajstić information content (AvgIpc) is 3.43. The molecule has 1 aromatic rings. The van der Waals surface area contributed by atoms with Crippen LogP contribution in [0, 0.1) is 11.8 Å². The van der Waals surface area contributed by atoms with Gasteiger partial charge in [-0.15, -0.1) is 0 Å². The van der Waals surface area contributed by atoms with Crippen LogP contribution >= 0.6 is 0 Å². The van der Waals surface area contributed by atoms with E-state index in [4.69, 9.17) is 9.47 Å². The van der Waals surface area contributed by atoms with Crippen molar-refractivity contribution in [2.75, 3.05) is 39.4 Å². The molecule has 0 radical (unpaired) electrons. The molecule has 0 unspecified atom stereocenters. The highest BCUT2D eigenvalue weighted by atomic mass is 32.2. The Kier molecular flexibility index (Phi) is 6.24. The van der Waals surface area contributed by atoms with Crippen LogP contribution in [0.2, 0.25) is 0 Å². The molecular formula is C19H26N2O6S. The Morgan fingerprint density at radius 2 is 1.71 bits per heavy atom. The molecule has 0 N–H and O–H groups in total. The fraction of sp³-hybridized carbons (Fsp3) is 0.579. The molecule has 0 aromatic heterocycles. The molecule has 0 bridgehead atoms. The Balaban J connectivity index is 1.50. The second-order valence-electron chi connectivity index (χ2n) is 7.12. The molecule has 1 aliphatic carbocycles. The van der Waals surface area contributed by atoms with Crippen molar-refractivity contribution >= 4 is 21.9 Å². The molecule has 1 saturated carbocycles. The van der Waals surface area contributed by atoms with Crippen LogP contribution in [0.25, 0.3) is 0 Å². The largest absolute Gasteiger partial charge is 0.494 e. The predicted molar refractivity (Wildman–Crippen MR) is 101 cm³/mol. The first kappa shape index (κ1) is 20.6. The molecule has 2 fully saturated rings. The maximum absolute atomic E-state index is 12.8. The van der Waals surface area contributed by atoms with E-state index < -0.39 is 10.0 Å². The Hall–Kier alpha value is -2.13.